The van der Waals surface area contributed by atoms with Gasteiger partial charge in [-0.15, -0.1) is 0 Å². The maximum Gasteiger partial charge on any atom is 0.312 e. The Bertz CT molecular complexity index is 239. The number of hydrogen-bond acceptors (Lipinski definition) is 3. The van der Waals surface area contributed by atoms with Gasteiger partial charge < -0.3 is 15.3 Å². The number of carbonyl (C=O) groups is 2. The van der Waals surface area contributed by atoms with E-state index in [0.717, 1.165) is 19.3 Å². The van der Waals surface area contributed by atoms with Crippen molar-refractivity contribution in [2.24, 2.45) is 5.41 Å². The number of carboxylic acid groups (broad SMARTS) is 2. The lowest BCUT2D eigenvalue weighted by Crippen LogP contribution is -2.37. The van der Waals surface area contributed by atoms with Crippen LogP contribution in [0.1, 0.15) is 45.4 Å². The summed E-state index contributed by atoms with van der Waals surface area (Å²) in [5.41, 5.74) is -1.51. The molecule has 0 aromatic heterocycles. The molecule has 0 aromatic rings. The molecule has 1 atom stereocenters. The van der Waals surface area contributed by atoms with Crippen LogP contribution in [0.3, 0.4) is 0 Å². The summed E-state index contributed by atoms with van der Waals surface area (Å²) in [5.74, 6) is -2.42. The summed E-state index contributed by atoms with van der Waals surface area (Å²) in [7, 11) is 0. The van der Waals surface area contributed by atoms with Crippen molar-refractivity contribution in [2.45, 2.75) is 45.4 Å². The molecule has 0 rings (SSSR count). The number of hydrogen-bond donors (Lipinski definition) is 3. The van der Waals surface area contributed by atoms with Crippen LogP contribution in [0, 0.1) is 5.41 Å². The van der Waals surface area contributed by atoms with Gasteiger partial charge in [0.15, 0.2) is 0 Å². The number of aliphatic hydroxyl groups is 1. The largest absolute Gasteiger partial charge is 0.481 e. The van der Waals surface area contributed by atoms with E-state index in [2.05, 4.69) is 0 Å². The molecule has 0 radical (unpaired) electrons. The van der Waals surface area contributed by atoms with Gasteiger partial charge in [-0.25, -0.2) is 0 Å². The van der Waals surface area contributed by atoms with E-state index in [0.29, 0.717) is 6.42 Å². The number of aliphatic carboxylic acids is 2. The zero-order valence-electron chi connectivity index (χ0n) is 9.61. The van der Waals surface area contributed by atoms with Gasteiger partial charge >= 0.3 is 11.9 Å². The zero-order valence-corrected chi connectivity index (χ0v) is 9.61. The molecule has 5 heteroatoms. The van der Waals surface area contributed by atoms with Crippen LogP contribution >= 0.6 is 0 Å². The molecule has 0 aromatic carbocycles. The SMILES string of the molecule is CCCCCCC(CO)(CC(=O)O)C(=O)O. The van der Waals surface area contributed by atoms with Crippen LogP contribution < -0.4 is 0 Å². The molecule has 16 heavy (non-hydrogen) atoms. The lowest BCUT2D eigenvalue weighted by Gasteiger charge is -2.25. The minimum atomic E-state index is -1.51. The average Bonchev–Trinajstić information content (AvgIpc) is 2.21. The summed E-state index contributed by atoms with van der Waals surface area (Å²) in [5, 5.41) is 26.8. The molecule has 0 bridgehead atoms. The maximum atomic E-state index is 11.0. The van der Waals surface area contributed by atoms with Crippen LogP contribution in [0.4, 0.5) is 0 Å². The molecule has 0 fully saturated rings. The Balaban J connectivity index is 4.39. The lowest BCUT2D eigenvalue weighted by molar-refractivity contribution is -0.159. The molecule has 0 aliphatic rings. The number of rotatable bonds is 9. The van der Waals surface area contributed by atoms with Gasteiger partial charge in [0.05, 0.1) is 13.0 Å². The minimum absolute atomic E-state index is 0.213. The fourth-order valence-corrected chi connectivity index (χ4v) is 1.65. The molecular weight excluding hydrogens is 212 g/mol. The summed E-state index contributed by atoms with van der Waals surface area (Å²) in [6, 6.07) is 0. The molecule has 0 amide bonds. The van der Waals surface area contributed by atoms with Crippen LogP contribution in [0.5, 0.6) is 0 Å². The second-order valence-corrected chi connectivity index (χ2v) is 4.12. The van der Waals surface area contributed by atoms with Crippen LogP contribution in [0.25, 0.3) is 0 Å². The van der Waals surface area contributed by atoms with Gasteiger partial charge in [0.1, 0.15) is 5.41 Å². The second-order valence-electron chi connectivity index (χ2n) is 4.12. The van der Waals surface area contributed by atoms with E-state index in [1.165, 1.54) is 0 Å². The lowest BCUT2D eigenvalue weighted by atomic mass is 9.80. The highest BCUT2D eigenvalue weighted by molar-refractivity contribution is 5.81. The molecule has 1 unspecified atom stereocenters. The third-order valence-corrected chi connectivity index (χ3v) is 2.75. The van der Waals surface area contributed by atoms with Crippen LogP contribution in [-0.4, -0.2) is 33.9 Å². The van der Waals surface area contributed by atoms with E-state index in [1.807, 2.05) is 6.92 Å². The fourth-order valence-electron chi connectivity index (χ4n) is 1.65. The molecule has 0 heterocycles. The van der Waals surface area contributed by atoms with Crippen molar-refractivity contribution in [3.8, 4) is 0 Å². The summed E-state index contributed by atoms with van der Waals surface area (Å²) in [4.78, 5) is 21.6. The second kappa shape index (κ2) is 7.22. The summed E-state index contributed by atoms with van der Waals surface area (Å²) >= 11 is 0. The van der Waals surface area contributed by atoms with Crippen LogP contribution in [-0.2, 0) is 9.59 Å². The van der Waals surface area contributed by atoms with E-state index in [9.17, 15) is 9.59 Å². The first-order valence-corrected chi connectivity index (χ1v) is 5.54. The smallest absolute Gasteiger partial charge is 0.312 e. The van der Waals surface area contributed by atoms with Gasteiger partial charge in [0.2, 0.25) is 0 Å². The topological polar surface area (TPSA) is 94.8 Å². The Morgan fingerprint density at radius 3 is 2.12 bits per heavy atom. The highest BCUT2D eigenvalue weighted by Gasteiger charge is 2.39. The summed E-state index contributed by atoms with van der Waals surface area (Å²) in [6.45, 7) is 1.41. The predicted octanol–water partition coefficient (Wildman–Crippen LogP) is 1.49. The van der Waals surface area contributed by atoms with E-state index in [1.54, 1.807) is 0 Å². The van der Waals surface area contributed by atoms with Gasteiger partial charge in [0.25, 0.3) is 0 Å². The van der Waals surface area contributed by atoms with Crippen molar-refractivity contribution >= 4 is 11.9 Å². The monoisotopic (exact) mass is 232 g/mol. The van der Waals surface area contributed by atoms with E-state index in [-0.39, 0.29) is 6.42 Å². The highest BCUT2D eigenvalue weighted by Crippen LogP contribution is 2.29. The first kappa shape index (κ1) is 14.9. The average molecular weight is 232 g/mol. The Hall–Kier alpha value is -1.10. The van der Waals surface area contributed by atoms with Crippen molar-refractivity contribution in [3.05, 3.63) is 0 Å². The normalized spacial score (nSPS) is 14.4. The quantitative estimate of drug-likeness (QED) is 0.523. The molecule has 5 nitrogen and oxygen atoms in total. The van der Waals surface area contributed by atoms with Gasteiger partial charge in [0, 0.05) is 0 Å². The Labute approximate surface area is 95.1 Å². The fraction of sp³-hybridized carbons (Fsp3) is 0.818. The Kier molecular flexibility index (Phi) is 6.72. The molecule has 0 saturated carbocycles. The highest BCUT2D eigenvalue weighted by atomic mass is 16.4. The number of carboxylic acids is 2. The van der Waals surface area contributed by atoms with Gasteiger partial charge in [-0.2, -0.15) is 0 Å². The summed E-state index contributed by atoms with van der Waals surface area (Å²) < 4.78 is 0. The first-order chi connectivity index (χ1) is 7.48. The van der Waals surface area contributed by atoms with Gasteiger partial charge in [-0.05, 0) is 6.42 Å². The van der Waals surface area contributed by atoms with E-state index >= 15 is 0 Å². The van der Waals surface area contributed by atoms with Crippen molar-refractivity contribution in [3.63, 3.8) is 0 Å². The number of aliphatic hydroxyl groups excluding tert-OH is 1. The van der Waals surface area contributed by atoms with Crippen LogP contribution in [0.2, 0.25) is 0 Å². The molecule has 0 aliphatic carbocycles. The minimum Gasteiger partial charge on any atom is -0.481 e. The van der Waals surface area contributed by atoms with Crippen molar-refractivity contribution in [1.29, 1.82) is 0 Å². The maximum absolute atomic E-state index is 11.0. The van der Waals surface area contributed by atoms with Crippen molar-refractivity contribution < 1.29 is 24.9 Å². The molecule has 0 spiro atoms. The molecule has 3 N–H and O–H groups in total. The van der Waals surface area contributed by atoms with E-state index in [4.69, 9.17) is 15.3 Å². The molecule has 0 aliphatic heterocycles. The van der Waals surface area contributed by atoms with Crippen LogP contribution in [0.15, 0.2) is 0 Å². The third-order valence-electron chi connectivity index (χ3n) is 2.75. The Morgan fingerprint density at radius 2 is 1.75 bits per heavy atom. The molecular formula is C11H20O5. The Morgan fingerprint density at radius 1 is 1.12 bits per heavy atom. The first-order valence-electron chi connectivity index (χ1n) is 5.54. The summed E-state index contributed by atoms with van der Waals surface area (Å²) in [6.07, 6.45) is 3.21. The molecule has 94 valence electrons. The third kappa shape index (κ3) is 4.61. The predicted molar refractivity (Wildman–Crippen MR) is 58.2 cm³/mol. The van der Waals surface area contributed by atoms with Crippen molar-refractivity contribution in [1.82, 2.24) is 0 Å². The van der Waals surface area contributed by atoms with Gasteiger partial charge in [-0.3, -0.25) is 9.59 Å². The van der Waals surface area contributed by atoms with E-state index < -0.39 is 30.4 Å². The number of unbranched alkanes of at least 4 members (excludes halogenated alkanes) is 3. The van der Waals surface area contributed by atoms with Gasteiger partial charge in [-0.1, -0.05) is 32.6 Å². The standard InChI is InChI=1S/C11H20O5/c1-2-3-4-5-6-11(8-12,10(15)16)7-9(13)14/h12H,2-8H2,1H3,(H,13,14)(H,15,16). The molecule has 0 saturated heterocycles. The zero-order chi connectivity index (χ0) is 12.6. The van der Waals surface area contributed by atoms with Crippen molar-refractivity contribution in [2.75, 3.05) is 6.61 Å².